The van der Waals surface area contributed by atoms with Crippen LogP contribution in [0.15, 0.2) is 270 Å². The normalized spacial score (nSPS) is 14.5. The van der Waals surface area contributed by atoms with Crippen molar-refractivity contribution in [3.63, 3.8) is 0 Å². The van der Waals surface area contributed by atoms with Crippen molar-refractivity contribution in [2.24, 2.45) is 32.5 Å². The van der Waals surface area contributed by atoms with Crippen molar-refractivity contribution in [2.75, 3.05) is 21.3 Å². The van der Waals surface area contributed by atoms with Crippen LogP contribution in [0.3, 0.4) is 0 Å². The van der Waals surface area contributed by atoms with Crippen LogP contribution in [0.5, 0.6) is 34.5 Å². The number of rotatable bonds is 24. The molecule has 123 heavy (non-hydrogen) atoms. The summed E-state index contributed by atoms with van der Waals surface area (Å²) in [4.78, 5) is 76.0. The lowest BCUT2D eigenvalue weighted by atomic mass is 10.1. The third kappa shape index (κ3) is 19.9. The molecule has 15 rings (SSSR count). The molecule has 3 atom stereocenters. The predicted molar refractivity (Wildman–Crippen MR) is 444 cm³/mol. The number of nitrogens with zero attached hydrogens (tertiary/aromatic N) is 6. The topological polar surface area (TPSA) is 283 Å². The summed E-state index contributed by atoms with van der Waals surface area (Å²) in [7, 11) is 3.54. The Labute approximate surface area is 708 Å². The molecule has 12 aromatic rings. The zero-order chi connectivity index (χ0) is 87.3. The van der Waals surface area contributed by atoms with E-state index in [2.05, 4.69) is 20.0 Å². The van der Waals surface area contributed by atoms with Gasteiger partial charge >= 0.3 is 0 Å². The van der Waals surface area contributed by atoms with Crippen LogP contribution in [-0.4, -0.2) is 86.9 Å². The van der Waals surface area contributed by atoms with Crippen molar-refractivity contribution in [2.45, 2.75) is 35.9 Å². The van der Waals surface area contributed by atoms with Crippen LogP contribution in [0, 0.1) is 52.4 Å². The number of hydrogen-bond acceptors (Lipinski definition) is 18. The number of benzene rings is 12. The van der Waals surface area contributed by atoms with E-state index in [4.69, 9.17) is 40.9 Å². The van der Waals surface area contributed by atoms with E-state index < -0.39 is 121 Å². The maximum atomic E-state index is 15.2. The second kappa shape index (κ2) is 38.8. The Morgan fingerprint density at radius 3 is 1.18 bits per heavy atom. The molecule has 0 radical (unpaired) electrons. The number of ether oxygens (including phenoxy) is 6. The van der Waals surface area contributed by atoms with Gasteiger partial charge in [-0.1, -0.05) is 132 Å². The van der Waals surface area contributed by atoms with Gasteiger partial charge in [0.25, 0.3) is 17.7 Å². The number of methoxy groups -OCH3 is 3. The number of carbonyl (C=O) groups excluding carboxylic acids is 6. The molecule has 12 aromatic carbocycles. The average molecular weight is 1730 g/mol. The zero-order valence-corrected chi connectivity index (χ0v) is 67.0. The molecule has 3 unspecified atom stereocenters. The SMILES string of the molecule is COc1c(F)c(F)cc(C(=O)N2N=C(c3ccc(F)cc3)SC2c2ccccc2OCc2ccccc2C(N)=O)c1F.COc1cc(F)c(C(=O)N2N=C(c3ccc(F)cc3)SC2c2ccccc2OCc2cccc(C(N)=O)c2)c(F)c1.COc1ccc(C(=O)N2N=C(c3ccc(F)cc3)SC2c2ccccc2OCc2cccc(C(N)=O)c2)cc1F. The summed E-state index contributed by atoms with van der Waals surface area (Å²) in [5.41, 5.74) is 20.7. The van der Waals surface area contributed by atoms with Gasteiger partial charge in [0.2, 0.25) is 23.5 Å². The molecule has 0 spiro atoms. The summed E-state index contributed by atoms with van der Waals surface area (Å²) < 4.78 is 162. The van der Waals surface area contributed by atoms with Gasteiger partial charge in [-0.15, -0.1) is 0 Å². The Kier molecular flexibility index (Phi) is 27.3. The largest absolute Gasteiger partial charge is 0.497 e. The number of carbonyl (C=O) groups is 6. The first kappa shape index (κ1) is 86.5. The predicted octanol–water partition coefficient (Wildman–Crippen LogP) is 18.1. The highest BCUT2D eigenvalue weighted by Gasteiger charge is 2.42. The van der Waals surface area contributed by atoms with Crippen LogP contribution in [0.2, 0.25) is 0 Å². The van der Waals surface area contributed by atoms with Gasteiger partial charge in [0, 0.05) is 73.3 Å². The molecule has 3 aliphatic rings. The summed E-state index contributed by atoms with van der Waals surface area (Å²) in [6.07, 6.45) is 0. The van der Waals surface area contributed by atoms with Crippen LogP contribution in [0.25, 0.3) is 0 Å². The summed E-state index contributed by atoms with van der Waals surface area (Å²) in [5.74, 6) is -13.1. The van der Waals surface area contributed by atoms with E-state index in [1.165, 1.54) is 104 Å². The van der Waals surface area contributed by atoms with E-state index in [1.54, 1.807) is 140 Å². The van der Waals surface area contributed by atoms with Gasteiger partial charge in [0.1, 0.15) is 109 Å². The maximum absolute atomic E-state index is 15.2. The molecule has 3 heterocycles. The van der Waals surface area contributed by atoms with Gasteiger partial charge in [-0.3, -0.25) is 28.8 Å². The van der Waals surface area contributed by atoms with Crippen molar-refractivity contribution in [3.8, 4) is 34.5 Å². The average Bonchev–Trinajstić information content (AvgIpc) is 1.67. The quantitative estimate of drug-likeness (QED) is 0.0374. The molecule has 0 saturated heterocycles. The fourth-order valence-electron chi connectivity index (χ4n) is 12.6. The van der Waals surface area contributed by atoms with Crippen molar-refractivity contribution < 1.29 is 96.7 Å². The second-order valence-corrected chi connectivity index (χ2v) is 29.8. The van der Waals surface area contributed by atoms with Crippen molar-refractivity contribution >= 4 is 85.9 Å². The summed E-state index contributed by atoms with van der Waals surface area (Å²) >= 11 is 3.50. The van der Waals surface area contributed by atoms with E-state index in [0.29, 0.717) is 89.0 Å². The molecule has 6 amide bonds. The van der Waals surface area contributed by atoms with Crippen LogP contribution in [-0.2, 0) is 19.8 Å². The Morgan fingerprint density at radius 2 is 0.764 bits per heavy atom. The molecule has 0 saturated carbocycles. The number of thioether (sulfide) groups is 3. The van der Waals surface area contributed by atoms with Crippen LogP contribution < -0.4 is 45.6 Å². The maximum Gasteiger partial charge on any atom is 0.281 e. The molecule has 0 bridgehead atoms. The third-order valence-corrected chi connectivity index (χ3v) is 22.3. The minimum absolute atomic E-state index is 0.0125. The minimum Gasteiger partial charge on any atom is -0.497 e. The lowest BCUT2D eigenvalue weighted by Gasteiger charge is -2.24. The van der Waals surface area contributed by atoms with Gasteiger partial charge < -0.3 is 45.6 Å². The van der Waals surface area contributed by atoms with Gasteiger partial charge in [-0.25, -0.2) is 50.2 Å². The second-order valence-electron chi connectivity index (χ2n) is 26.6. The Bertz CT molecular complexity index is 6140. The highest BCUT2D eigenvalue weighted by molar-refractivity contribution is 8.15. The number of para-hydroxylation sites is 3. The molecule has 21 nitrogen and oxygen atoms in total. The first-order chi connectivity index (χ1) is 59.3. The van der Waals surface area contributed by atoms with E-state index in [0.717, 1.165) is 64.4 Å². The Morgan fingerprint density at radius 1 is 0.350 bits per heavy atom. The number of amides is 6. The van der Waals surface area contributed by atoms with Gasteiger partial charge in [-0.2, -0.15) is 19.7 Å². The number of primary amides is 3. The van der Waals surface area contributed by atoms with Gasteiger partial charge in [0.05, 0.1) is 26.9 Å². The monoisotopic (exact) mass is 1730 g/mol. The van der Waals surface area contributed by atoms with Crippen molar-refractivity contribution in [1.82, 2.24) is 15.0 Å². The molecule has 6 N–H and O–H groups in total. The van der Waals surface area contributed by atoms with Crippen molar-refractivity contribution in [3.05, 3.63) is 391 Å². The lowest BCUT2D eigenvalue weighted by molar-refractivity contribution is 0.0731. The minimum atomic E-state index is -1.58. The first-order valence-electron chi connectivity index (χ1n) is 36.7. The fourth-order valence-corrected chi connectivity index (χ4v) is 16.1. The van der Waals surface area contributed by atoms with Gasteiger partial charge in [0.15, 0.2) is 29.0 Å². The van der Waals surface area contributed by atoms with E-state index in [-0.39, 0.29) is 47.5 Å². The van der Waals surface area contributed by atoms with Crippen LogP contribution >= 0.6 is 35.3 Å². The molecule has 33 heteroatoms. The highest BCUT2D eigenvalue weighted by Crippen LogP contribution is 2.50. The molecule has 0 aliphatic carbocycles. The lowest BCUT2D eigenvalue weighted by Crippen LogP contribution is -2.28. The van der Waals surface area contributed by atoms with Gasteiger partial charge in [-0.05, 0) is 157 Å². The summed E-state index contributed by atoms with van der Waals surface area (Å²) in [6.45, 7) is 0.151. The molecule has 624 valence electrons. The number of halogens is 9. The van der Waals surface area contributed by atoms with E-state index in [9.17, 15) is 63.9 Å². The first-order valence-corrected chi connectivity index (χ1v) is 39.3. The molecule has 0 fully saturated rings. The Hall–Kier alpha value is -14.3. The molecular formula is C90H66F9N9O12S3. The number of nitrogens with two attached hydrogens (primary N) is 3. The standard InChI is InChI=1S/C30H21F4N3O4S.C30H22F3N3O4S.C30H23F2N3O4S/c1-40-26-24(33)21(14-22(32)25(26)34)29(39)37-30(42-28(36-37)16-10-12-18(31)13-11-16)20-8-4-5-9-23(20)41-15-17-6-2-3-7-19(17)27(35)38;1-39-21-14-23(32)26(24(33)15-21)29(38)36-30(41-28(35-36)18-9-11-20(31)12-10-18)22-7-2-3-8-25(22)40-16-17-5-4-6-19(13-17)27(34)37;1-38-26-14-11-21(16-24(26)32)29(37)35-30(40-28(34-35)19-9-12-22(31)13-10-19)23-7-2-3-8-25(23)39-17-18-5-4-6-20(15-18)27(33)36/h2-14,30H,15H2,1H3,(H2,35,38);2-15,30H,16H2,1H3,(H2,34,37);2-16,30H,17H2,1H3,(H2,33,36). The zero-order valence-electron chi connectivity index (χ0n) is 64.5. The Balaban J connectivity index is 0.000000159. The fraction of sp³-hybridized carbons (Fsp3) is 0.100. The van der Waals surface area contributed by atoms with Crippen molar-refractivity contribution in [1.29, 1.82) is 0 Å². The third-order valence-electron chi connectivity index (χ3n) is 18.7. The number of hydrazone groups is 3. The summed E-state index contributed by atoms with van der Waals surface area (Å²) in [5, 5.41) is 15.1. The van der Waals surface area contributed by atoms with Crippen LogP contribution in [0.1, 0.15) is 128 Å². The molecule has 0 aromatic heterocycles. The highest BCUT2D eigenvalue weighted by atomic mass is 32.2. The molecule has 3 aliphatic heterocycles. The van der Waals surface area contributed by atoms with E-state index >= 15 is 4.39 Å². The molecular weight excluding hydrogens is 1670 g/mol. The van der Waals surface area contributed by atoms with E-state index in [1.807, 2.05) is 18.2 Å². The van der Waals surface area contributed by atoms with Crippen LogP contribution in [0.4, 0.5) is 39.5 Å². The smallest absolute Gasteiger partial charge is 0.281 e. The summed E-state index contributed by atoms with van der Waals surface area (Å²) in [6, 6.07) is 63.5. The number of hydrogen-bond donors (Lipinski definition) is 3.